The molecule has 2 aromatic carbocycles. The molecule has 3 N–H and O–H groups in total. The van der Waals surface area contributed by atoms with Gasteiger partial charge in [0.2, 0.25) is 0 Å². The second kappa shape index (κ2) is 8.08. The first-order chi connectivity index (χ1) is 10.6. The molecule has 0 saturated carbocycles. The Morgan fingerprint density at radius 3 is 2.14 bits per heavy atom. The highest BCUT2D eigenvalue weighted by Crippen LogP contribution is 2.18. The lowest BCUT2D eigenvalue weighted by atomic mass is 9.95. The first-order valence-corrected chi connectivity index (χ1v) is 7.80. The Hall–Kier alpha value is -1.68. The van der Waals surface area contributed by atoms with E-state index in [4.69, 9.17) is 0 Å². The van der Waals surface area contributed by atoms with Crippen LogP contribution in [0.5, 0.6) is 0 Å². The fraction of sp³-hybridized carbons (Fsp3) is 0.368. The van der Waals surface area contributed by atoms with Crippen molar-refractivity contribution in [3.05, 3.63) is 71.8 Å². The van der Waals surface area contributed by atoms with Gasteiger partial charge in [0.1, 0.15) is 0 Å². The highest BCUT2D eigenvalue weighted by atomic mass is 16.3. The van der Waals surface area contributed by atoms with Crippen LogP contribution in [0, 0.1) is 0 Å². The summed E-state index contributed by atoms with van der Waals surface area (Å²) in [7, 11) is 0. The van der Waals surface area contributed by atoms with E-state index in [0.29, 0.717) is 6.67 Å². The molecule has 22 heavy (non-hydrogen) atoms. The van der Waals surface area contributed by atoms with E-state index in [2.05, 4.69) is 60.9 Å². The van der Waals surface area contributed by atoms with Gasteiger partial charge in [0.05, 0.1) is 6.61 Å². The molecular weight excluding hydrogens is 272 g/mol. The lowest BCUT2D eigenvalue weighted by Gasteiger charge is -2.28. The molecular formula is C19H26N2O. The van der Waals surface area contributed by atoms with Crippen molar-refractivity contribution in [2.45, 2.75) is 31.8 Å². The minimum Gasteiger partial charge on any atom is -0.395 e. The zero-order valence-electron chi connectivity index (χ0n) is 13.4. The third-order valence-corrected chi connectivity index (χ3v) is 3.96. The molecule has 0 aromatic heterocycles. The van der Waals surface area contributed by atoms with Crippen LogP contribution in [0.2, 0.25) is 0 Å². The predicted molar refractivity (Wildman–Crippen MR) is 91.6 cm³/mol. The predicted octanol–water partition coefficient (Wildman–Crippen LogP) is 2.66. The van der Waals surface area contributed by atoms with E-state index < -0.39 is 0 Å². The number of benzene rings is 2. The monoisotopic (exact) mass is 298 g/mol. The van der Waals surface area contributed by atoms with E-state index in [9.17, 15) is 5.11 Å². The fourth-order valence-electron chi connectivity index (χ4n) is 2.47. The summed E-state index contributed by atoms with van der Waals surface area (Å²) in [4.78, 5) is 0. The van der Waals surface area contributed by atoms with E-state index in [0.717, 1.165) is 6.42 Å². The Balaban J connectivity index is 1.83. The smallest absolute Gasteiger partial charge is 0.0588 e. The Bertz CT molecular complexity index is 540. The molecule has 3 heteroatoms. The maximum atomic E-state index is 9.54. The Morgan fingerprint density at radius 2 is 1.55 bits per heavy atom. The number of aliphatic hydroxyl groups is 1. The van der Waals surface area contributed by atoms with Crippen molar-refractivity contribution in [3.63, 3.8) is 0 Å². The summed E-state index contributed by atoms with van der Waals surface area (Å²) in [5.74, 6) is 0. The Labute approximate surface area is 133 Å². The lowest BCUT2D eigenvalue weighted by molar-refractivity contribution is 0.233. The van der Waals surface area contributed by atoms with Crippen molar-refractivity contribution < 1.29 is 5.11 Å². The van der Waals surface area contributed by atoms with Gasteiger partial charge in [-0.25, -0.2) is 0 Å². The highest BCUT2D eigenvalue weighted by molar-refractivity contribution is 5.22. The maximum absolute atomic E-state index is 9.54. The standard InChI is InChI=1S/C19H26N2O/c1-19(2,17-11-7-4-8-12-17)21-15-20-18(14-22)13-16-9-5-3-6-10-16/h3-12,18,20-22H,13-15H2,1-2H3. The molecule has 1 atom stereocenters. The molecule has 3 nitrogen and oxygen atoms in total. The molecule has 0 amide bonds. The van der Waals surface area contributed by atoms with Gasteiger partial charge in [-0.2, -0.15) is 0 Å². The van der Waals surface area contributed by atoms with Gasteiger partial charge < -0.3 is 5.11 Å². The molecule has 0 bridgehead atoms. The van der Waals surface area contributed by atoms with E-state index >= 15 is 0 Å². The first kappa shape index (κ1) is 16.7. The van der Waals surface area contributed by atoms with E-state index in [-0.39, 0.29) is 18.2 Å². The van der Waals surface area contributed by atoms with Crippen LogP contribution in [0.3, 0.4) is 0 Å². The molecule has 0 saturated heterocycles. The van der Waals surface area contributed by atoms with Crippen LogP contribution in [0.15, 0.2) is 60.7 Å². The minimum absolute atomic E-state index is 0.0569. The fourth-order valence-corrected chi connectivity index (χ4v) is 2.47. The van der Waals surface area contributed by atoms with Crippen molar-refractivity contribution in [1.29, 1.82) is 0 Å². The molecule has 118 valence electrons. The van der Waals surface area contributed by atoms with Crippen molar-refractivity contribution >= 4 is 0 Å². The number of hydrogen-bond acceptors (Lipinski definition) is 3. The van der Waals surface area contributed by atoms with Crippen LogP contribution < -0.4 is 10.6 Å². The van der Waals surface area contributed by atoms with E-state index in [1.54, 1.807) is 0 Å². The van der Waals surface area contributed by atoms with Crippen molar-refractivity contribution in [3.8, 4) is 0 Å². The molecule has 0 heterocycles. The molecule has 0 spiro atoms. The van der Waals surface area contributed by atoms with Gasteiger partial charge >= 0.3 is 0 Å². The van der Waals surface area contributed by atoms with Gasteiger partial charge in [0.15, 0.2) is 0 Å². The molecule has 2 aromatic rings. The summed E-state index contributed by atoms with van der Waals surface area (Å²) in [6.07, 6.45) is 0.824. The summed E-state index contributed by atoms with van der Waals surface area (Å²) in [6, 6.07) is 20.7. The first-order valence-electron chi connectivity index (χ1n) is 7.80. The number of hydrogen-bond donors (Lipinski definition) is 3. The van der Waals surface area contributed by atoms with Crippen LogP contribution in [-0.4, -0.2) is 24.4 Å². The maximum Gasteiger partial charge on any atom is 0.0588 e. The second-order valence-electron chi connectivity index (χ2n) is 6.12. The third-order valence-electron chi connectivity index (χ3n) is 3.96. The SMILES string of the molecule is CC(C)(NCNC(CO)Cc1ccccc1)c1ccccc1. The quantitative estimate of drug-likeness (QED) is 0.657. The van der Waals surface area contributed by atoms with Gasteiger partial charge in [-0.1, -0.05) is 60.7 Å². The van der Waals surface area contributed by atoms with E-state index in [1.807, 2.05) is 24.3 Å². The molecule has 0 aliphatic heterocycles. The lowest BCUT2D eigenvalue weighted by Crippen LogP contribution is -2.47. The zero-order chi connectivity index (χ0) is 15.8. The Morgan fingerprint density at radius 1 is 0.955 bits per heavy atom. The van der Waals surface area contributed by atoms with Crippen LogP contribution in [0.4, 0.5) is 0 Å². The third kappa shape index (κ3) is 4.95. The summed E-state index contributed by atoms with van der Waals surface area (Å²) in [5, 5.41) is 16.4. The largest absolute Gasteiger partial charge is 0.395 e. The van der Waals surface area contributed by atoms with Gasteiger partial charge in [-0.15, -0.1) is 0 Å². The van der Waals surface area contributed by atoms with Crippen molar-refractivity contribution in [1.82, 2.24) is 10.6 Å². The zero-order valence-corrected chi connectivity index (χ0v) is 13.4. The van der Waals surface area contributed by atoms with Crippen LogP contribution in [0.25, 0.3) is 0 Å². The van der Waals surface area contributed by atoms with Gasteiger partial charge in [0.25, 0.3) is 0 Å². The molecule has 2 rings (SSSR count). The number of rotatable bonds is 8. The molecule has 0 aliphatic rings. The summed E-state index contributed by atoms with van der Waals surface area (Å²) >= 11 is 0. The summed E-state index contributed by atoms with van der Waals surface area (Å²) < 4.78 is 0. The average molecular weight is 298 g/mol. The van der Waals surface area contributed by atoms with Crippen molar-refractivity contribution in [2.75, 3.05) is 13.3 Å². The molecule has 0 fully saturated rings. The van der Waals surface area contributed by atoms with Crippen LogP contribution in [0.1, 0.15) is 25.0 Å². The molecule has 0 aliphatic carbocycles. The average Bonchev–Trinajstić information content (AvgIpc) is 2.55. The van der Waals surface area contributed by atoms with E-state index in [1.165, 1.54) is 11.1 Å². The number of nitrogens with one attached hydrogen (secondary N) is 2. The second-order valence-corrected chi connectivity index (χ2v) is 6.12. The van der Waals surface area contributed by atoms with Crippen molar-refractivity contribution in [2.24, 2.45) is 0 Å². The normalized spacial score (nSPS) is 13.0. The topological polar surface area (TPSA) is 44.3 Å². The molecule has 0 radical (unpaired) electrons. The summed E-state index contributed by atoms with van der Waals surface area (Å²) in [5.41, 5.74) is 2.37. The van der Waals surface area contributed by atoms with Crippen LogP contribution >= 0.6 is 0 Å². The number of aliphatic hydroxyl groups excluding tert-OH is 1. The Kier molecular flexibility index (Phi) is 6.13. The summed E-state index contributed by atoms with van der Waals surface area (Å²) in [6.45, 7) is 5.10. The van der Waals surface area contributed by atoms with Crippen LogP contribution in [-0.2, 0) is 12.0 Å². The highest BCUT2D eigenvalue weighted by Gasteiger charge is 2.19. The van der Waals surface area contributed by atoms with Gasteiger partial charge in [-0.05, 0) is 31.4 Å². The minimum atomic E-state index is -0.110. The van der Waals surface area contributed by atoms with Gasteiger partial charge in [0, 0.05) is 18.2 Å². The van der Waals surface area contributed by atoms with Gasteiger partial charge in [-0.3, -0.25) is 10.6 Å². The molecule has 1 unspecified atom stereocenters.